The fourth-order valence-corrected chi connectivity index (χ4v) is 5.62. The highest BCUT2D eigenvalue weighted by atomic mass is 16.6. The van der Waals surface area contributed by atoms with Crippen LogP contribution in [0.3, 0.4) is 0 Å². The van der Waals surface area contributed by atoms with Gasteiger partial charge >= 0.3 is 0 Å². The molecule has 178 valence electrons. The van der Waals surface area contributed by atoms with Crippen LogP contribution in [0, 0.1) is 0 Å². The summed E-state index contributed by atoms with van der Waals surface area (Å²) in [6, 6.07) is 35.9. The Hall–Kier alpha value is -3.46. The van der Waals surface area contributed by atoms with Crippen LogP contribution >= 0.6 is 0 Å². The monoisotopic (exact) mass is 470 g/mol. The maximum Gasteiger partial charge on any atom is 0.0850 e. The molecule has 2 unspecified atom stereocenters. The SMILES string of the molecule is c1ccc2c(CC3CO3)c(Cc3ccc(Cc4ccc5ccccc5c4CC4CO4)cc3)ccc2c1. The molecule has 0 radical (unpaired) electrons. The van der Waals surface area contributed by atoms with Gasteiger partial charge in [-0.05, 0) is 67.8 Å². The predicted molar refractivity (Wildman–Crippen MR) is 147 cm³/mol. The van der Waals surface area contributed by atoms with E-state index in [1.54, 1.807) is 0 Å². The molecule has 5 aromatic rings. The number of fused-ring (bicyclic) bond motifs is 2. The van der Waals surface area contributed by atoms with Gasteiger partial charge < -0.3 is 9.47 Å². The maximum atomic E-state index is 5.60. The van der Waals surface area contributed by atoms with Crippen molar-refractivity contribution in [3.8, 4) is 0 Å². The zero-order chi connectivity index (χ0) is 23.9. The summed E-state index contributed by atoms with van der Waals surface area (Å²) in [4.78, 5) is 0. The molecule has 0 aromatic heterocycles. The van der Waals surface area contributed by atoms with E-state index in [2.05, 4.69) is 97.1 Å². The Morgan fingerprint density at radius 1 is 0.500 bits per heavy atom. The number of epoxide rings is 2. The lowest BCUT2D eigenvalue weighted by Gasteiger charge is -2.14. The molecule has 0 aliphatic carbocycles. The lowest BCUT2D eigenvalue weighted by Crippen LogP contribution is -2.02. The summed E-state index contributed by atoms with van der Waals surface area (Å²) in [7, 11) is 0. The fraction of sp³-hybridized carbons (Fsp3) is 0.235. The highest BCUT2D eigenvalue weighted by molar-refractivity contribution is 5.88. The van der Waals surface area contributed by atoms with Gasteiger partial charge in [-0.25, -0.2) is 0 Å². The van der Waals surface area contributed by atoms with Crippen LogP contribution in [0.15, 0.2) is 97.1 Å². The lowest BCUT2D eigenvalue weighted by molar-refractivity contribution is 0.407. The van der Waals surface area contributed by atoms with Crippen molar-refractivity contribution < 1.29 is 9.47 Å². The summed E-state index contributed by atoms with van der Waals surface area (Å²) in [5, 5.41) is 5.36. The molecule has 7 rings (SSSR count). The number of benzene rings is 5. The van der Waals surface area contributed by atoms with Gasteiger partial charge in [-0.1, -0.05) is 97.1 Å². The Kier molecular flexibility index (Phi) is 5.57. The highest BCUT2D eigenvalue weighted by Crippen LogP contribution is 2.31. The third-order valence-corrected chi connectivity index (χ3v) is 7.76. The third kappa shape index (κ3) is 4.55. The van der Waals surface area contributed by atoms with Gasteiger partial charge in [0.2, 0.25) is 0 Å². The number of ether oxygens (including phenoxy) is 2. The molecule has 5 aromatic carbocycles. The molecule has 0 spiro atoms. The molecule has 2 atom stereocenters. The van der Waals surface area contributed by atoms with Crippen LogP contribution in [0.25, 0.3) is 21.5 Å². The van der Waals surface area contributed by atoms with Crippen molar-refractivity contribution in [3.63, 3.8) is 0 Å². The van der Waals surface area contributed by atoms with Crippen LogP contribution in [0.4, 0.5) is 0 Å². The van der Waals surface area contributed by atoms with E-state index in [1.807, 2.05) is 0 Å². The summed E-state index contributed by atoms with van der Waals surface area (Å²) in [6.07, 6.45) is 4.68. The van der Waals surface area contributed by atoms with Crippen molar-refractivity contribution in [2.45, 2.75) is 37.9 Å². The van der Waals surface area contributed by atoms with Crippen LogP contribution in [0.2, 0.25) is 0 Å². The van der Waals surface area contributed by atoms with Crippen molar-refractivity contribution in [3.05, 3.63) is 130 Å². The van der Waals surface area contributed by atoms with Gasteiger partial charge in [-0.2, -0.15) is 0 Å². The lowest BCUT2D eigenvalue weighted by atomic mass is 9.90. The first-order chi connectivity index (χ1) is 17.8. The summed E-state index contributed by atoms with van der Waals surface area (Å²) in [6.45, 7) is 1.78. The van der Waals surface area contributed by atoms with Crippen molar-refractivity contribution in [1.29, 1.82) is 0 Å². The van der Waals surface area contributed by atoms with Crippen molar-refractivity contribution in [1.82, 2.24) is 0 Å². The largest absolute Gasteiger partial charge is 0.373 e. The zero-order valence-electron chi connectivity index (χ0n) is 20.5. The highest BCUT2D eigenvalue weighted by Gasteiger charge is 2.26. The first kappa shape index (κ1) is 21.8. The second-order valence-corrected chi connectivity index (χ2v) is 10.3. The molecular formula is C34H30O2. The minimum atomic E-state index is 0.383. The van der Waals surface area contributed by atoms with Gasteiger partial charge in [0.1, 0.15) is 0 Å². The Morgan fingerprint density at radius 3 is 1.33 bits per heavy atom. The van der Waals surface area contributed by atoms with E-state index in [4.69, 9.17) is 9.47 Å². The van der Waals surface area contributed by atoms with Crippen molar-refractivity contribution >= 4 is 21.5 Å². The molecule has 0 amide bonds. The van der Waals surface area contributed by atoms with Gasteiger partial charge in [0.05, 0.1) is 25.4 Å². The first-order valence-electron chi connectivity index (χ1n) is 13.1. The van der Waals surface area contributed by atoms with Crippen LogP contribution in [0.1, 0.15) is 33.4 Å². The Morgan fingerprint density at radius 2 is 0.917 bits per heavy atom. The molecule has 0 N–H and O–H groups in total. The zero-order valence-corrected chi connectivity index (χ0v) is 20.5. The van der Waals surface area contributed by atoms with E-state index in [0.717, 1.165) is 38.9 Å². The van der Waals surface area contributed by atoms with Gasteiger partial charge in [0.25, 0.3) is 0 Å². The maximum absolute atomic E-state index is 5.60. The van der Waals surface area contributed by atoms with Gasteiger partial charge in [-0.15, -0.1) is 0 Å². The van der Waals surface area contributed by atoms with Crippen LogP contribution in [-0.2, 0) is 35.2 Å². The second-order valence-electron chi connectivity index (χ2n) is 10.3. The van der Waals surface area contributed by atoms with E-state index in [0.29, 0.717) is 12.2 Å². The molecule has 0 bridgehead atoms. The smallest absolute Gasteiger partial charge is 0.0850 e. The summed E-state index contributed by atoms with van der Waals surface area (Å²) < 4.78 is 11.2. The van der Waals surface area contributed by atoms with E-state index in [1.165, 1.54) is 54.9 Å². The molecule has 2 nitrogen and oxygen atoms in total. The summed E-state index contributed by atoms with van der Waals surface area (Å²) >= 11 is 0. The Labute approximate surface area is 212 Å². The number of hydrogen-bond acceptors (Lipinski definition) is 2. The predicted octanol–water partition coefficient (Wildman–Crippen LogP) is 7.06. The van der Waals surface area contributed by atoms with Crippen LogP contribution in [0.5, 0.6) is 0 Å². The van der Waals surface area contributed by atoms with E-state index < -0.39 is 0 Å². The van der Waals surface area contributed by atoms with Crippen molar-refractivity contribution in [2.24, 2.45) is 0 Å². The molecule has 2 aliphatic heterocycles. The molecule has 2 saturated heterocycles. The molecular weight excluding hydrogens is 440 g/mol. The summed E-state index contributed by atoms with van der Waals surface area (Å²) in [5.74, 6) is 0. The van der Waals surface area contributed by atoms with Crippen LogP contribution < -0.4 is 0 Å². The number of hydrogen-bond donors (Lipinski definition) is 0. The van der Waals surface area contributed by atoms with E-state index >= 15 is 0 Å². The molecule has 2 fully saturated rings. The second kappa shape index (κ2) is 9.20. The quantitative estimate of drug-likeness (QED) is 0.227. The number of rotatable bonds is 8. The normalized spacial score (nSPS) is 18.6. The first-order valence-corrected chi connectivity index (χ1v) is 13.1. The molecule has 36 heavy (non-hydrogen) atoms. The van der Waals surface area contributed by atoms with E-state index in [-0.39, 0.29) is 0 Å². The van der Waals surface area contributed by atoms with Gasteiger partial charge in [-0.3, -0.25) is 0 Å². The minimum absolute atomic E-state index is 0.383. The van der Waals surface area contributed by atoms with Gasteiger partial charge in [0, 0.05) is 12.8 Å². The van der Waals surface area contributed by atoms with Crippen molar-refractivity contribution in [2.75, 3.05) is 13.2 Å². The molecule has 2 heteroatoms. The Bertz CT molecular complexity index is 1420. The average molecular weight is 471 g/mol. The van der Waals surface area contributed by atoms with Crippen LogP contribution in [-0.4, -0.2) is 25.4 Å². The topological polar surface area (TPSA) is 25.1 Å². The van der Waals surface area contributed by atoms with Gasteiger partial charge in [0.15, 0.2) is 0 Å². The molecule has 0 saturated carbocycles. The fourth-order valence-electron chi connectivity index (χ4n) is 5.62. The molecule has 2 heterocycles. The average Bonchev–Trinajstić information content (AvgIpc) is 3.85. The molecule has 2 aliphatic rings. The third-order valence-electron chi connectivity index (χ3n) is 7.76. The standard InChI is InChI=1S/C34H30O2/c1-3-7-31-25(5-1)13-15-27(33(31)19-29-21-35-29)17-23-9-11-24(12-10-23)18-28-16-14-26-6-2-4-8-32(26)34(28)20-30-22-36-30/h1-16,29-30H,17-22H2. The Balaban J connectivity index is 1.15. The van der Waals surface area contributed by atoms with E-state index in [9.17, 15) is 0 Å². The minimum Gasteiger partial charge on any atom is -0.373 e. The summed E-state index contributed by atoms with van der Waals surface area (Å²) in [5.41, 5.74) is 8.44.